The Morgan fingerprint density at radius 1 is 1.54 bits per heavy atom. The van der Waals surface area contributed by atoms with Crippen molar-refractivity contribution >= 4 is 28.4 Å². The molecule has 0 heterocycles. The summed E-state index contributed by atoms with van der Waals surface area (Å²) in [4.78, 5) is 10.9. The molecule has 0 aliphatic rings. The van der Waals surface area contributed by atoms with Gasteiger partial charge in [-0.25, -0.2) is 4.39 Å². The Hall–Kier alpha value is -0.650. The Morgan fingerprint density at radius 3 is 2.62 bits per heavy atom. The highest BCUT2D eigenvalue weighted by atomic mass is 127. The van der Waals surface area contributed by atoms with Crippen LogP contribution >= 0.6 is 22.6 Å². The number of methoxy groups -OCH3 is 1. The molecule has 0 radical (unpaired) electrons. The number of Topliss-reactive ketones (excluding diaryl/α,β-unsaturated/α-hetero) is 1. The van der Waals surface area contributed by atoms with E-state index in [1.807, 2.05) is 22.6 Å². The Morgan fingerprint density at radius 2 is 2.15 bits per heavy atom. The van der Waals surface area contributed by atoms with Crippen molar-refractivity contribution < 1.29 is 13.9 Å². The molecule has 13 heavy (non-hydrogen) atoms. The highest BCUT2D eigenvalue weighted by Gasteiger charge is 2.14. The lowest BCUT2D eigenvalue weighted by atomic mass is 10.1. The molecule has 1 rings (SSSR count). The second-order valence-corrected chi connectivity index (χ2v) is 3.66. The van der Waals surface area contributed by atoms with Gasteiger partial charge in [-0.2, -0.15) is 0 Å². The third-order valence-electron chi connectivity index (χ3n) is 1.63. The van der Waals surface area contributed by atoms with Gasteiger partial charge in [0.2, 0.25) is 0 Å². The fourth-order valence-corrected chi connectivity index (χ4v) is 1.63. The number of carbonyl (C=O) groups excluding carboxylic acids is 1. The van der Waals surface area contributed by atoms with E-state index in [2.05, 4.69) is 0 Å². The number of hydrogen-bond donors (Lipinski definition) is 0. The fourth-order valence-electron chi connectivity index (χ4n) is 0.992. The minimum Gasteiger partial charge on any atom is -0.493 e. The van der Waals surface area contributed by atoms with Crippen LogP contribution in [0, 0.1) is 9.39 Å². The molecule has 0 aromatic heterocycles. The van der Waals surface area contributed by atoms with Crippen LogP contribution in [-0.4, -0.2) is 12.9 Å². The van der Waals surface area contributed by atoms with Gasteiger partial charge in [0.05, 0.1) is 16.2 Å². The van der Waals surface area contributed by atoms with E-state index in [1.165, 1.54) is 20.1 Å². The quantitative estimate of drug-likeness (QED) is 0.619. The van der Waals surface area contributed by atoms with E-state index in [1.54, 1.807) is 6.07 Å². The summed E-state index contributed by atoms with van der Waals surface area (Å²) in [5.74, 6) is -0.748. The van der Waals surface area contributed by atoms with E-state index in [9.17, 15) is 9.18 Å². The van der Waals surface area contributed by atoms with Crippen molar-refractivity contribution in [2.24, 2.45) is 0 Å². The minimum atomic E-state index is -0.582. The predicted molar refractivity (Wildman–Crippen MR) is 55.7 cm³/mol. The van der Waals surface area contributed by atoms with Gasteiger partial charge in [-0.05, 0) is 41.6 Å². The summed E-state index contributed by atoms with van der Waals surface area (Å²) in [6.07, 6.45) is 0. The molecule has 0 saturated heterocycles. The third-order valence-corrected chi connectivity index (χ3v) is 2.48. The standard InChI is InChI=1S/C9H8FIO2/c1-5(12)6-3-4-7(11)9(13-2)8(6)10/h3-4H,1-2H3. The molecule has 1 aromatic rings. The molecule has 0 unspecified atom stereocenters. The van der Waals surface area contributed by atoms with Crippen LogP contribution in [0.4, 0.5) is 4.39 Å². The topological polar surface area (TPSA) is 26.3 Å². The molecule has 0 bridgehead atoms. The zero-order valence-corrected chi connectivity index (χ0v) is 9.38. The van der Waals surface area contributed by atoms with Crippen LogP contribution in [0.2, 0.25) is 0 Å². The van der Waals surface area contributed by atoms with Crippen molar-refractivity contribution in [2.75, 3.05) is 7.11 Å². The maximum absolute atomic E-state index is 13.4. The molecular formula is C9H8FIO2. The van der Waals surface area contributed by atoms with Gasteiger partial charge >= 0.3 is 0 Å². The summed E-state index contributed by atoms with van der Waals surface area (Å²) >= 11 is 1.95. The van der Waals surface area contributed by atoms with Crippen LogP contribution in [0.5, 0.6) is 5.75 Å². The van der Waals surface area contributed by atoms with Gasteiger partial charge in [-0.3, -0.25) is 4.79 Å². The number of rotatable bonds is 2. The molecule has 0 atom stereocenters. The first-order valence-corrected chi connectivity index (χ1v) is 4.68. The SMILES string of the molecule is COc1c(I)ccc(C(C)=O)c1F. The maximum atomic E-state index is 13.4. The zero-order chi connectivity index (χ0) is 10.0. The molecule has 0 aliphatic carbocycles. The van der Waals surface area contributed by atoms with Crippen molar-refractivity contribution in [3.8, 4) is 5.75 Å². The lowest BCUT2D eigenvalue weighted by Gasteiger charge is -2.06. The number of hydrogen-bond acceptors (Lipinski definition) is 2. The first-order chi connectivity index (χ1) is 6.07. The Labute approximate surface area is 89.2 Å². The number of benzene rings is 1. The molecule has 0 amide bonds. The zero-order valence-electron chi connectivity index (χ0n) is 7.23. The number of carbonyl (C=O) groups is 1. The van der Waals surface area contributed by atoms with Crippen molar-refractivity contribution in [3.05, 3.63) is 27.1 Å². The second kappa shape index (κ2) is 4.04. The molecule has 0 fully saturated rings. The van der Waals surface area contributed by atoms with Crippen molar-refractivity contribution in [3.63, 3.8) is 0 Å². The summed E-state index contributed by atoms with van der Waals surface area (Å²) in [5, 5.41) is 0. The van der Waals surface area contributed by atoms with Gasteiger partial charge in [0.15, 0.2) is 17.3 Å². The minimum absolute atomic E-state index is 0.0669. The van der Waals surface area contributed by atoms with Gasteiger partial charge in [-0.15, -0.1) is 0 Å². The van der Waals surface area contributed by atoms with Crippen LogP contribution in [0.25, 0.3) is 0 Å². The van der Waals surface area contributed by atoms with E-state index in [0.717, 1.165) is 0 Å². The average Bonchev–Trinajstić information content (AvgIpc) is 2.04. The van der Waals surface area contributed by atoms with Crippen LogP contribution < -0.4 is 4.74 Å². The molecule has 4 heteroatoms. The predicted octanol–water partition coefficient (Wildman–Crippen LogP) is 2.64. The van der Waals surface area contributed by atoms with E-state index < -0.39 is 5.82 Å². The number of ether oxygens (including phenoxy) is 1. The monoisotopic (exact) mass is 294 g/mol. The average molecular weight is 294 g/mol. The third kappa shape index (κ3) is 1.99. The molecule has 0 N–H and O–H groups in total. The summed E-state index contributed by atoms with van der Waals surface area (Å²) in [5.41, 5.74) is 0.0669. The van der Waals surface area contributed by atoms with Crippen molar-refractivity contribution in [1.82, 2.24) is 0 Å². The van der Waals surface area contributed by atoms with E-state index in [4.69, 9.17) is 4.74 Å². The molecule has 2 nitrogen and oxygen atoms in total. The second-order valence-electron chi connectivity index (χ2n) is 2.50. The van der Waals surface area contributed by atoms with E-state index in [-0.39, 0.29) is 17.1 Å². The first kappa shape index (κ1) is 10.4. The molecule has 0 aliphatic heterocycles. The fraction of sp³-hybridized carbons (Fsp3) is 0.222. The number of halogens is 2. The summed E-state index contributed by atoms with van der Waals surface area (Å²) in [6, 6.07) is 3.11. The number of ketones is 1. The Kier molecular flexibility index (Phi) is 3.24. The lowest BCUT2D eigenvalue weighted by Crippen LogP contribution is -2.01. The summed E-state index contributed by atoms with van der Waals surface area (Å²) < 4.78 is 18.9. The van der Waals surface area contributed by atoms with Crippen LogP contribution in [0.1, 0.15) is 17.3 Å². The molecule has 0 spiro atoms. The van der Waals surface area contributed by atoms with Gasteiger partial charge < -0.3 is 4.74 Å². The molecule has 70 valence electrons. The van der Waals surface area contributed by atoms with Gasteiger partial charge in [-0.1, -0.05) is 0 Å². The summed E-state index contributed by atoms with van der Waals surface area (Å²) in [7, 11) is 1.38. The molecule has 1 aromatic carbocycles. The Balaban J connectivity index is 3.35. The summed E-state index contributed by atoms with van der Waals surface area (Å²) in [6.45, 7) is 1.32. The van der Waals surface area contributed by atoms with Crippen molar-refractivity contribution in [1.29, 1.82) is 0 Å². The van der Waals surface area contributed by atoms with Crippen LogP contribution in [0.3, 0.4) is 0 Å². The van der Waals surface area contributed by atoms with E-state index >= 15 is 0 Å². The largest absolute Gasteiger partial charge is 0.493 e. The van der Waals surface area contributed by atoms with Gasteiger partial charge in [0.1, 0.15) is 0 Å². The van der Waals surface area contributed by atoms with Gasteiger partial charge in [0.25, 0.3) is 0 Å². The lowest BCUT2D eigenvalue weighted by molar-refractivity contribution is 0.101. The molecular weight excluding hydrogens is 286 g/mol. The Bertz CT molecular complexity index is 350. The van der Waals surface area contributed by atoms with E-state index in [0.29, 0.717) is 3.57 Å². The highest BCUT2D eigenvalue weighted by molar-refractivity contribution is 14.1. The highest BCUT2D eigenvalue weighted by Crippen LogP contribution is 2.26. The first-order valence-electron chi connectivity index (χ1n) is 3.61. The van der Waals surface area contributed by atoms with Crippen molar-refractivity contribution in [2.45, 2.75) is 6.92 Å². The normalized spacial score (nSPS) is 9.85. The van der Waals surface area contributed by atoms with Crippen LogP contribution in [0.15, 0.2) is 12.1 Å². The van der Waals surface area contributed by atoms with Gasteiger partial charge in [0, 0.05) is 0 Å². The molecule has 0 saturated carbocycles. The van der Waals surface area contributed by atoms with Crippen LogP contribution in [-0.2, 0) is 0 Å². The smallest absolute Gasteiger partial charge is 0.176 e. The maximum Gasteiger partial charge on any atom is 0.176 e.